The Morgan fingerprint density at radius 2 is 1.85 bits per heavy atom. The van der Waals surface area contributed by atoms with Crippen LogP contribution in [0.15, 0.2) is 57.9 Å². The van der Waals surface area contributed by atoms with Crippen molar-refractivity contribution in [1.29, 1.82) is 0 Å². The average Bonchev–Trinajstić information content (AvgIpc) is 2.38. The molecule has 106 valence electrons. The van der Waals surface area contributed by atoms with Gasteiger partial charge in [-0.2, -0.15) is 0 Å². The predicted octanol–water partition coefficient (Wildman–Crippen LogP) is 3.19. The maximum absolute atomic E-state index is 12.3. The zero-order valence-corrected chi connectivity index (χ0v) is 13.1. The molecule has 1 atom stereocenters. The summed E-state index contributed by atoms with van der Waals surface area (Å²) in [6, 6.07) is 12.7. The van der Waals surface area contributed by atoms with Gasteiger partial charge in [0.25, 0.3) is 0 Å². The van der Waals surface area contributed by atoms with E-state index in [4.69, 9.17) is 0 Å². The second-order valence-electron chi connectivity index (χ2n) is 4.37. The van der Waals surface area contributed by atoms with E-state index in [1.54, 1.807) is 43.3 Å². The van der Waals surface area contributed by atoms with Gasteiger partial charge in [0.1, 0.15) is 5.75 Å². The summed E-state index contributed by atoms with van der Waals surface area (Å²) < 4.78 is 27.7. The fourth-order valence-corrected chi connectivity index (χ4v) is 4.06. The Bertz CT molecular complexity index is 716. The number of hydrogen-bond acceptors (Lipinski definition) is 3. The quantitative estimate of drug-likeness (QED) is 0.884. The molecule has 0 fully saturated rings. The number of phenols is 1. The first kappa shape index (κ1) is 15.0. The molecule has 0 amide bonds. The summed E-state index contributed by atoms with van der Waals surface area (Å²) in [4.78, 5) is 0.187. The molecule has 0 spiro atoms. The van der Waals surface area contributed by atoms with Gasteiger partial charge in [-0.25, -0.2) is 13.1 Å². The van der Waals surface area contributed by atoms with E-state index >= 15 is 0 Å². The molecule has 0 radical (unpaired) electrons. The highest BCUT2D eigenvalue weighted by Gasteiger charge is 2.20. The van der Waals surface area contributed by atoms with Crippen molar-refractivity contribution in [3.05, 3.63) is 58.6 Å². The molecule has 1 unspecified atom stereocenters. The number of hydrogen-bond donors (Lipinski definition) is 2. The van der Waals surface area contributed by atoms with Gasteiger partial charge in [0.15, 0.2) is 0 Å². The molecule has 6 heteroatoms. The first-order valence-electron chi connectivity index (χ1n) is 5.96. The molecule has 0 aromatic heterocycles. The molecule has 2 aromatic rings. The van der Waals surface area contributed by atoms with Gasteiger partial charge in [0.2, 0.25) is 10.0 Å². The van der Waals surface area contributed by atoms with Crippen LogP contribution in [0.2, 0.25) is 0 Å². The minimum atomic E-state index is -3.63. The third-order valence-electron chi connectivity index (χ3n) is 2.83. The highest BCUT2D eigenvalue weighted by molar-refractivity contribution is 9.10. The smallest absolute Gasteiger partial charge is 0.242 e. The molecule has 0 bridgehead atoms. The molecule has 2 N–H and O–H groups in total. The lowest BCUT2D eigenvalue weighted by Crippen LogP contribution is -2.27. The SMILES string of the molecule is CC(NS(=O)(=O)c1ccccc1Br)c1cccc(O)c1. The Kier molecular flexibility index (Phi) is 4.47. The van der Waals surface area contributed by atoms with Crippen molar-refractivity contribution in [3.8, 4) is 5.75 Å². The van der Waals surface area contributed by atoms with Crippen LogP contribution in [0.5, 0.6) is 5.75 Å². The van der Waals surface area contributed by atoms with Gasteiger partial charge in [-0.05, 0) is 52.7 Å². The molecule has 20 heavy (non-hydrogen) atoms. The van der Waals surface area contributed by atoms with Crippen LogP contribution >= 0.6 is 15.9 Å². The van der Waals surface area contributed by atoms with Crippen molar-refractivity contribution >= 4 is 26.0 Å². The van der Waals surface area contributed by atoms with Crippen LogP contribution in [0.3, 0.4) is 0 Å². The Morgan fingerprint density at radius 3 is 2.50 bits per heavy atom. The largest absolute Gasteiger partial charge is 0.508 e. The average molecular weight is 356 g/mol. The van der Waals surface area contributed by atoms with Crippen molar-refractivity contribution in [2.75, 3.05) is 0 Å². The van der Waals surface area contributed by atoms with E-state index in [-0.39, 0.29) is 10.6 Å². The van der Waals surface area contributed by atoms with Gasteiger partial charge in [-0.1, -0.05) is 24.3 Å². The molecule has 0 aliphatic carbocycles. The zero-order chi connectivity index (χ0) is 14.8. The van der Waals surface area contributed by atoms with Crippen LogP contribution < -0.4 is 4.72 Å². The van der Waals surface area contributed by atoms with E-state index in [1.807, 2.05) is 0 Å². The van der Waals surface area contributed by atoms with Gasteiger partial charge in [0, 0.05) is 10.5 Å². The second-order valence-corrected chi connectivity index (χ2v) is 6.91. The van der Waals surface area contributed by atoms with Crippen molar-refractivity contribution in [2.24, 2.45) is 0 Å². The summed E-state index contributed by atoms with van der Waals surface area (Å²) in [6.07, 6.45) is 0. The number of rotatable bonds is 4. The summed E-state index contributed by atoms with van der Waals surface area (Å²) >= 11 is 3.23. The fraction of sp³-hybridized carbons (Fsp3) is 0.143. The lowest BCUT2D eigenvalue weighted by molar-refractivity contribution is 0.473. The highest BCUT2D eigenvalue weighted by Crippen LogP contribution is 2.24. The van der Waals surface area contributed by atoms with E-state index in [0.29, 0.717) is 10.0 Å². The van der Waals surface area contributed by atoms with E-state index in [9.17, 15) is 13.5 Å². The Labute approximate surface area is 126 Å². The van der Waals surface area contributed by atoms with Crippen LogP contribution in [0.4, 0.5) is 0 Å². The van der Waals surface area contributed by atoms with Gasteiger partial charge < -0.3 is 5.11 Å². The molecular formula is C14H14BrNO3S. The highest BCUT2D eigenvalue weighted by atomic mass is 79.9. The van der Waals surface area contributed by atoms with Crippen molar-refractivity contribution in [2.45, 2.75) is 17.9 Å². The Morgan fingerprint density at radius 1 is 1.15 bits per heavy atom. The third kappa shape index (κ3) is 3.39. The maximum atomic E-state index is 12.3. The lowest BCUT2D eigenvalue weighted by Gasteiger charge is -2.15. The van der Waals surface area contributed by atoms with E-state index in [0.717, 1.165) is 0 Å². The monoisotopic (exact) mass is 355 g/mol. The van der Waals surface area contributed by atoms with E-state index < -0.39 is 16.1 Å². The minimum Gasteiger partial charge on any atom is -0.508 e. The van der Waals surface area contributed by atoms with Crippen molar-refractivity contribution in [3.63, 3.8) is 0 Å². The minimum absolute atomic E-state index is 0.106. The summed E-state index contributed by atoms with van der Waals surface area (Å²) in [5, 5.41) is 9.44. The molecule has 0 saturated carbocycles. The number of nitrogens with one attached hydrogen (secondary N) is 1. The third-order valence-corrected chi connectivity index (χ3v) is 5.38. The van der Waals surface area contributed by atoms with Crippen LogP contribution in [-0.2, 0) is 10.0 Å². The van der Waals surface area contributed by atoms with Crippen molar-refractivity contribution in [1.82, 2.24) is 4.72 Å². The molecule has 0 saturated heterocycles. The molecule has 4 nitrogen and oxygen atoms in total. The number of halogens is 1. The number of sulfonamides is 1. The van der Waals surface area contributed by atoms with Gasteiger partial charge in [-0.3, -0.25) is 0 Å². The van der Waals surface area contributed by atoms with Gasteiger partial charge in [0.05, 0.1) is 4.90 Å². The van der Waals surface area contributed by atoms with Crippen LogP contribution in [-0.4, -0.2) is 13.5 Å². The summed E-state index contributed by atoms with van der Waals surface area (Å²) in [5.41, 5.74) is 0.695. The van der Waals surface area contributed by atoms with Crippen LogP contribution in [0, 0.1) is 0 Å². The molecule has 0 aliphatic rings. The fourth-order valence-electron chi connectivity index (χ4n) is 1.82. The first-order chi connectivity index (χ1) is 9.40. The van der Waals surface area contributed by atoms with Gasteiger partial charge in [-0.15, -0.1) is 0 Å². The Balaban J connectivity index is 2.27. The van der Waals surface area contributed by atoms with Crippen molar-refractivity contribution < 1.29 is 13.5 Å². The molecule has 2 rings (SSSR count). The standard InChI is InChI=1S/C14H14BrNO3S/c1-10(11-5-4-6-12(17)9-11)16-20(18,19)14-8-3-2-7-13(14)15/h2-10,16-17H,1H3. The zero-order valence-electron chi connectivity index (χ0n) is 10.7. The van der Waals surface area contributed by atoms with Crippen LogP contribution in [0.1, 0.15) is 18.5 Å². The molecule has 0 aliphatic heterocycles. The molecule has 0 heterocycles. The topological polar surface area (TPSA) is 66.4 Å². The number of phenolic OH excluding ortho intramolecular Hbond substituents is 1. The van der Waals surface area contributed by atoms with E-state index in [2.05, 4.69) is 20.7 Å². The second kappa shape index (κ2) is 5.95. The number of aromatic hydroxyl groups is 1. The first-order valence-corrected chi connectivity index (χ1v) is 8.23. The summed E-state index contributed by atoms with van der Waals surface area (Å²) in [6.45, 7) is 1.73. The normalized spacial score (nSPS) is 13.1. The van der Waals surface area contributed by atoms with Crippen LogP contribution in [0.25, 0.3) is 0 Å². The number of benzene rings is 2. The Hall–Kier alpha value is -1.37. The molecular weight excluding hydrogens is 342 g/mol. The predicted molar refractivity (Wildman–Crippen MR) is 81.0 cm³/mol. The molecule has 2 aromatic carbocycles. The maximum Gasteiger partial charge on any atom is 0.242 e. The summed E-state index contributed by atoms with van der Waals surface area (Å²) in [5.74, 6) is 0.106. The lowest BCUT2D eigenvalue weighted by atomic mass is 10.1. The van der Waals surface area contributed by atoms with E-state index in [1.165, 1.54) is 12.1 Å². The summed E-state index contributed by atoms with van der Waals surface area (Å²) in [7, 11) is -3.63. The van der Waals surface area contributed by atoms with Gasteiger partial charge >= 0.3 is 0 Å².